The number of methoxy groups -OCH3 is 2. The SMILES string of the molecule is COc1ccccc1N=C(NN=Cc1ccc(OCCC(C)C)c(OC)c1)c1ccc2ccccc2n1. The number of nitrogens with one attached hydrogen (secondary N) is 1. The van der Waals surface area contributed by atoms with Gasteiger partial charge in [-0.25, -0.2) is 9.98 Å². The van der Waals surface area contributed by atoms with E-state index in [0.29, 0.717) is 47.0 Å². The summed E-state index contributed by atoms with van der Waals surface area (Å²) in [6.07, 6.45) is 2.69. The molecule has 0 saturated carbocycles. The van der Waals surface area contributed by atoms with Gasteiger partial charge in [0.1, 0.15) is 17.1 Å². The fourth-order valence-electron chi connectivity index (χ4n) is 3.64. The average molecular weight is 497 g/mol. The molecular weight excluding hydrogens is 464 g/mol. The third-order valence-electron chi connectivity index (χ3n) is 5.68. The van der Waals surface area contributed by atoms with E-state index in [9.17, 15) is 0 Å². The molecule has 0 amide bonds. The van der Waals surface area contributed by atoms with Crippen LogP contribution in [0.25, 0.3) is 10.9 Å². The second kappa shape index (κ2) is 12.5. The van der Waals surface area contributed by atoms with Crippen molar-refractivity contribution in [3.05, 3.63) is 90.1 Å². The van der Waals surface area contributed by atoms with Gasteiger partial charge in [-0.1, -0.05) is 50.2 Å². The minimum Gasteiger partial charge on any atom is -0.494 e. The molecular formula is C30H32N4O3. The van der Waals surface area contributed by atoms with Crippen LogP contribution in [-0.2, 0) is 0 Å². The summed E-state index contributed by atoms with van der Waals surface area (Å²) in [4.78, 5) is 9.58. The quantitative estimate of drug-likeness (QED) is 0.157. The molecule has 190 valence electrons. The molecule has 0 aliphatic carbocycles. The van der Waals surface area contributed by atoms with Crippen molar-refractivity contribution in [3.63, 3.8) is 0 Å². The molecule has 0 bridgehead atoms. The van der Waals surface area contributed by atoms with Gasteiger partial charge < -0.3 is 14.2 Å². The first-order chi connectivity index (χ1) is 18.1. The number of ether oxygens (including phenoxy) is 3. The molecule has 0 aliphatic heterocycles. The van der Waals surface area contributed by atoms with E-state index in [1.165, 1.54) is 0 Å². The monoisotopic (exact) mass is 496 g/mol. The molecule has 0 atom stereocenters. The Morgan fingerprint density at radius 2 is 1.68 bits per heavy atom. The number of aromatic nitrogens is 1. The van der Waals surface area contributed by atoms with E-state index >= 15 is 0 Å². The Morgan fingerprint density at radius 3 is 2.49 bits per heavy atom. The van der Waals surface area contributed by atoms with Gasteiger partial charge >= 0.3 is 0 Å². The highest BCUT2D eigenvalue weighted by Crippen LogP contribution is 2.28. The van der Waals surface area contributed by atoms with Crippen molar-refractivity contribution in [2.24, 2.45) is 16.0 Å². The molecule has 1 heterocycles. The number of nitrogens with zero attached hydrogens (tertiary/aromatic N) is 3. The highest BCUT2D eigenvalue weighted by Gasteiger charge is 2.10. The van der Waals surface area contributed by atoms with E-state index in [4.69, 9.17) is 24.2 Å². The van der Waals surface area contributed by atoms with Crippen LogP contribution in [0.4, 0.5) is 5.69 Å². The lowest BCUT2D eigenvalue weighted by atomic mass is 10.1. The van der Waals surface area contributed by atoms with Gasteiger partial charge in [-0.2, -0.15) is 5.10 Å². The number of benzene rings is 3. The van der Waals surface area contributed by atoms with Gasteiger partial charge in [0.25, 0.3) is 0 Å². The maximum Gasteiger partial charge on any atom is 0.173 e. The molecule has 1 N–H and O–H groups in total. The van der Waals surface area contributed by atoms with Crippen LogP contribution in [0.5, 0.6) is 17.2 Å². The third kappa shape index (κ3) is 6.85. The van der Waals surface area contributed by atoms with Crippen LogP contribution in [-0.4, -0.2) is 37.9 Å². The molecule has 4 rings (SSSR count). The number of fused-ring (bicyclic) bond motifs is 1. The smallest absolute Gasteiger partial charge is 0.173 e. The van der Waals surface area contributed by atoms with Crippen molar-refractivity contribution in [2.45, 2.75) is 20.3 Å². The van der Waals surface area contributed by atoms with Crippen LogP contribution in [0.3, 0.4) is 0 Å². The lowest BCUT2D eigenvalue weighted by Gasteiger charge is -2.12. The van der Waals surface area contributed by atoms with E-state index in [1.54, 1.807) is 20.4 Å². The third-order valence-corrected chi connectivity index (χ3v) is 5.68. The molecule has 0 spiro atoms. The summed E-state index contributed by atoms with van der Waals surface area (Å²) in [6, 6.07) is 25.2. The van der Waals surface area contributed by atoms with Gasteiger partial charge in [-0.15, -0.1) is 0 Å². The van der Waals surface area contributed by atoms with E-state index in [0.717, 1.165) is 22.9 Å². The highest BCUT2D eigenvalue weighted by molar-refractivity contribution is 6.01. The summed E-state index contributed by atoms with van der Waals surface area (Å²) in [5, 5.41) is 5.51. The first-order valence-corrected chi connectivity index (χ1v) is 12.2. The van der Waals surface area contributed by atoms with Crippen LogP contribution in [0.1, 0.15) is 31.5 Å². The Balaban J connectivity index is 1.60. The lowest BCUT2D eigenvalue weighted by molar-refractivity contribution is 0.273. The molecule has 4 aromatic rings. The van der Waals surface area contributed by atoms with E-state index in [2.05, 4.69) is 24.4 Å². The average Bonchev–Trinajstić information content (AvgIpc) is 2.92. The van der Waals surface area contributed by atoms with Crippen molar-refractivity contribution in [3.8, 4) is 17.2 Å². The standard InChI is InChI=1S/C30H32N4O3/c1-21(2)17-18-37-28-16-13-22(19-29(28)36-4)20-31-34-30(33-25-11-7-8-12-27(25)35-3)26-15-14-23-9-5-6-10-24(23)32-26/h5-16,19-21H,17-18H2,1-4H3,(H,33,34). The van der Waals surface area contributed by atoms with Gasteiger partial charge in [-0.05, 0) is 60.4 Å². The predicted molar refractivity (Wildman–Crippen MR) is 150 cm³/mol. The van der Waals surface area contributed by atoms with Crippen LogP contribution in [0, 0.1) is 5.92 Å². The zero-order valence-corrected chi connectivity index (χ0v) is 21.6. The first-order valence-electron chi connectivity index (χ1n) is 12.2. The van der Waals surface area contributed by atoms with Gasteiger partial charge in [0.15, 0.2) is 17.3 Å². The Kier molecular flexibility index (Phi) is 8.70. The highest BCUT2D eigenvalue weighted by atomic mass is 16.5. The second-order valence-corrected chi connectivity index (χ2v) is 8.83. The van der Waals surface area contributed by atoms with Crippen LogP contribution >= 0.6 is 0 Å². The summed E-state index contributed by atoms with van der Waals surface area (Å²) in [7, 11) is 3.25. The Labute approximate surface area is 217 Å². The minimum atomic E-state index is 0.493. The van der Waals surface area contributed by atoms with Crippen molar-refractivity contribution in [1.29, 1.82) is 0 Å². The lowest BCUT2D eigenvalue weighted by Crippen LogP contribution is -2.20. The number of hydrazone groups is 1. The molecule has 0 aliphatic rings. The molecule has 37 heavy (non-hydrogen) atoms. The number of pyridine rings is 1. The van der Waals surface area contributed by atoms with Crippen LogP contribution < -0.4 is 19.6 Å². The maximum absolute atomic E-state index is 5.89. The summed E-state index contributed by atoms with van der Waals surface area (Å²) in [6.45, 7) is 4.99. The molecule has 0 fully saturated rings. The number of aliphatic imine (C=N–C) groups is 1. The van der Waals surface area contributed by atoms with E-state index in [1.807, 2.05) is 78.9 Å². The molecule has 7 nitrogen and oxygen atoms in total. The number of para-hydroxylation sites is 3. The number of amidine groups is 1. The molecule has 1 aromatic heterocycles. The molecule has 0 radical (unpaired) electrons. The van der Waals surface area contributed by atoms with Crippen LogP contribution in [0.15, 0.2) is 89.0 Å². The van der Waals surface area contributed by atoms with Crippen molar-refractivity contribution >= 4 is 28.6 Å². The summed E-state index contributed by atoms with van der Waals surface area (Å²) in [5.74, 6) is 3.10. The minimum absolute atomic E-state index is 0.493. The van der Waals surface area contributed by atoms with Crippen molar-refractivity contribution in [2.75, 3.05) is 20.8 Å². The molecule has 7 heteroatoms. The largest absolute Gasteiger partial charge is 0.494 e. The van der Waals surface area contributed by atoms with Gasteiger partial charge in [0.2, 0.25) is 0 Å². The van der Waals surface area contributed by atoms with Gasteiger partial charge in [0.05, 0.1) is 32.6 Å². The molecule has 0 saturated heterocycles. The Hall–Kier alpha value is -4.39. The zero-order chi connectivity index (χ0) is 26.0. The van der Waals surface area contributed by atoms with Crippen LogP contribution in [0.2, 0.25) is 0 Å². The van der Waals surface area contributed by atoms with Crippen molar-refractivity contribution in [1.82, 2.24) is 10.4 Å². The van der Waals surface area contributed by atoms with E-state index in [-0.39, 0.29) is 0 Å². The fourth-order valence-corrected chi connectivity index (χ4v) is 3.64. The molecule has 3 aromatic carbocycles. The normalized spacial score (nSPS) is 11.8. The summed E-state index contributed by atoms with van der Waals surface area (Å²) >= 11 is 0. The fraction of sp³-hybridized carbons (Fsp3) is 0.233. The van der Waals surface area contributed by atoms with Crippen molar-refractivity contribution < 1.29 is 14.2 Å². The second-order valence-electron chi connectivity index (χ2n) is 8.83. The number of rotatable bonds is 10. The molecule has 0 unspecified atom stereocenters. The number of hydrogen-bond acceptors (Lipinski definition) is 6. The number of hydrogen-bond donors (Lipinski definition) is 1. The summed E-state index contributed by atoms with van der Waals surface area (Å²) < 4.78 is 16.9. The zero-order valence-electron chi connectivity index (χ0n) is 21.6. The van der Waals surface area contributed by atoms with E-state index < -0.39 is 0 Å². The summed E-state index contributed by atoms with van der Waals surface area (Å²) in [5.41, 5.74) is 6.13. The first kappa shape index (κ1) is 25.7. The Bertz CT molecular complexity index is 1400. The Morgan fingerprint density at radius 1 is 0.892 bits per heavy atom. The van der Waals surface area contributed by atoms with Gasteiger partial charge in [-0.3, -0.25) is 5.43 Å². The van der Waals surface area contributed by atoms with Gasteiger partial charge in [0, 0.05) is 5.39 Å². The topological polar surface area (TPSA) is 77.3 Å². The maximum atomic E-state index is 5.89. The predicted octanol–water partition coefficient (Wildman–Crippen LogP) is 6.38.